The second kappa shape index (κ2) is 6.32. The summed E-state index contributed by atoms with van der Waals surface area (Å²) in [4.78, 5) is 15.6. The zero-order valence-electron chi connectivity index (χ0n) is 11.4. The van der Waals surface area contributed by atoms with E-state index in [0.717, 1.165) is 18.4 Å². The number of amides is 1. The van der Waals surface area contributed by atoms with Gasteiger partial charge in [-0.15, -0.1) is 0 Å². The van der Waals surface area contributed by atoms with Crippen molar-refractivity contribution in [3.05, 3.63) is 30.1 Å². The average Bonchev–Trinajstić information content (AvgIpc) is 3.21. The molecule has 7 heteroatoms. The van der Waals surface area contributed by atoms with Gasteiger partial charge in [0, 0.05) is 37.9 Å². The van der Waals surface area contributed by atoms with E-state index in [-0.39, 0.29) is 24.9 Å². The summed E-state index contributed by atoms with van der Waals surface area (Å²) >= 11 is 0. The summed E-state index contributed by atoms with van der Waals surface area (Å²) in [5.74, 6) is -0.142. The van der Waals surface area contributed by atoms with Crippen LogP contribution in [0.4, 0.5) is 0 Å². The van der Waals surface area contributed by atoms with E-state index in [1.54, 1.807) is 12.4 Å². The van der Waals surface area contributed by atoms with Gasteiger partial charge < -0.3 is 5.32 Å². The fraction of sp³-hybridized carbons (Fsp3) is 0.538. The Morgan fingerprint density at radius 1 is 1.40 bits per heavy atom. The lowest BCUT2D eigenvalue weighted by atomic mass is 10.2. The molecule has 6 nitrogen and oxygen atoms in total. The van der Waals surface area contributed by atoms with Crippen LogP contribution in [0.3, 0.4) is 0 Å². The van der Waals surface area contributed by atoms with Crippen LogP contribution >= 0.6 is 0 Å². The largest absolute Gasteiger partial charge is 0.352 e. The molecular formula is C13H19N3O3S. The molecule has 110 valence electrons. The average molecular weight is 297 g/mol. The van der Waals surface area contributed by atoms with Gasteiger partial charge in [-0.05, 0) is 30.5 Å². The SMILES string of the molecule is CS(=O)(=O)N(CCC(=O)NCc1ccncc1)C1CC1. The highest BCUT2D eigenvalue weighted by Crippen LogP contribution is 2.28. The molecule has 0 radical (unpaired) electrons. The summed E-state index contributed by atoms with van der Waals surface area (Å²) < 4.78 is 24.6. The molecule has 0 saturated heterocycles. The van der Waals surface area contributed by atoms with Crippen molar-refractivity contribution in [1.82, 2.24) is 14.6 Å². The molecule has 1 amide bonds. The van der Waals surface area contributed by atoms with E-state index >= 15 is 0 Å². The van der Waals surface area contributed by atoms with Crippen molar-refractivity contribution in [3.63, 3.8) is 0 Å². The van der Waals surface area contributed by atoms with Gasteiger partial charge in [0.05, 0.1) is 6.26 Å². The molecule has 0 aliphatic heterocycles. The minimum Gasteiger partial charge on any atom is -0.352 e. The molecule has 20 heavy (non-hydrogen) atoms. The molecule has 0 bridgehead atoms. The van der Waals surface area contributed by atoms with E-state index in [4.69, 9.17) is 0 Å². The second-order valence-electron chi connectivity index (χ2n) is 4.99. The summed E-state index contributed by atoms with van der Waals surface area (Å²) in [6.07, 6.45) is 6.51. The Morgan fingerprint density at radius 3 is 2.60 bits per heavy atom. The molecule has 0 atom stereocenters. The summed E-state index contributed by atoms with van der Waals surface area (Å²) in [6, 6.07) is 3.75. The molecule has 0 aromatic carbocycles. The van der Waals surface area contributed by atoms with Crippen LogP contribution in [0.25, 0.3) is 0 Å². The first kappa shape index (κ1) is 14.9. The van der Waals surface area contributed by atoms with Crippen LogP contribution < -0.4 is 5.32 Å². The van der Waals surface area contributed by atoms with Gasteiger partial charge in [-0.25, -0.2) is 8.42 Å². The Labute approximate surface area is 119 Å². The summed E-state index contributed by atoms with van der Waals surface area (Å²) in [5.41, 5.74) is 0.968. The maximum atomic E-state index is 11.7. The van der Waals surface area contributed by atoms with Crippen molar-refractivity contribution in [1.29, 1.82) is 0 Å². The maximum absolute atomic E-state index is 11.7. The Kier molecular flexibility index (Phi) is 4.72. The molecule has 1 fully saturated rings. The van der Waals surface area contributed by atoms with Crippen molar-refractivity contribution in [3.8, 4) is 0 Å². The first-order valence-electron chi connectivity index (χ1n) is 6.59. The number of carbonyl (C=O) groups excluding carboxylic acids is 1. The van der Waals surface area contributed by atoms with Crippen molar-refractivity contribution >= 4 is 15.9 Å². The van der Waals surface area contributed by atoms with E-state index in [1.807, 2.05) is 12.1 Å². The zero-order chi connectivity index (χ0) is 14.6. The third-order valence-corrected chi connectivity index (χ3v) is 4.51. The normalized spacial score (nSPS) is 15.3. The van der Waals surface area contributed by atoms with Crippen molar-refractivity contribution < 1.29 is 13.2 Å². The lowest BCUT2D eigenvalue weighted by molar-refractivity contribution is -0.121. The lowest BCUT2D eigenvalue weighted by Crippen LogP contribution is -2.36. The third kappa shape index (κ3) is 4.57. The van der Waals surface area contributed by atoms with E-state index in [2.05, 4.69) is 10.3 Å². The summed E-state index contributed by atoms with van der Waals surface area (Å²) in [5, 5.41) is 2.78. The van der Waals surface area contributed by atoms with Gasteiger partial charge in [-0.3, -0.25) is 9.78 Å². The predicted molar refractivity (Wildman–Crippen MR) is 75.3 cm³/mol. The van der Waals surface area contributed by atoms with Crippen LogP contribution in [0.15, 0.2) is 24.5 Å². The number of nitrogens with zero attached hydrogens (tertiary/aromatic N) is 2. The fourth-order valence-corrected chi connectivity index (χ4v) is 3.16. The number of hydrogen-bond donors (Lipinski definition) is 1. The molecule has 0 unspecified atom stereocenters. The lowest BCUT2D eigenvalue weighted by Gasteiger charge is -2.18. The van der Waals surface area contributed by atoms with Crippen LogP contribution in [0.1, 0.15) is 24.8 Å². The molecule has 1 aromatic rings. The van der Waals surface area contributed by atoms with Gasteiger partial charge in [-0.1, -0.05) is 0 Å². The van der Waals surface area contributed by atoms with Gasteiger partial charge in [0.2, 0.25) is 15.9 Å². The van der Waals surface area contributed by atoms with E-state index in [9.17, 15) is 13.2 Å². The number of rotatable bonds is 7. The molecular weight excluding hydrogens is 278 g/mol. The molecule has 1 aliphatic carbocycles. The quantitative estimate of drug-likeness (QED) is 0.795. The van der Waals surface area contributed by atoms with Crippen LogP contribution in [0.2, 0.25) is 0 Å². The molecule has 2 rings (SSSR count). The molecule has 0 spiro atoms. The van der Waals surface area contributed by atoms with Crippen LogP contribution in [0, 0.1) is 0 Å². The Morgan fingerprint density at radius 2 is 2.05 bits per heavy atom. The topological polar surface area (TPSA) is 79.4 Å². The smallest absolute Gasteiger partial charge is 0.221 e. The van der Waals surface area contributed by atoms with Gasteiger partial charge in [0.1, 0.15) is 0 Å². The Balaban J connectivity index is 1.77. The first-order valence-corrected chi connectivity index (χ1v) is 8.44. The number of pyridine rings is 1. The molecule has 1 heterocycles. The minimum absolute atomic E-state index is 0.0954. The van der Waals surface area contributed by atoms with Crippen LogP contribution in [-0.2, 0) is 21.4 Å². The van der Waals surface area contributed by atoms with Crippen molar-refractivity contribution in [2.45, 2.75) is 31.8 Å². The predicted octanol–water partition coefficient (Wildman–Crippen LogP) is 0.512. The summed E-state index contributed by atoms with van der Waals surface area (Å²) in [6.45, 7) is 0.690. The maximum Gasteiger partial charge on any atom is 0.221 e. The Bertz CT molecular complexity index is 555. The molecule has 1 saturated carbocycles. The zero-order valence-corrected chi connectivity index (χ0v) is 12.3. The van der Waals surface area contributed by atoms with Crippen LogP contribution in [-0.4, -0.2) is 42.5 Å². The van der Waals surface area contributed by atoms with Crippen LogP contribution in [0.5, 0.6) is 0 Å². The monoisotopic (exact) mass is 297 g/mol. The Hall–Kier alpha value is -1.47. The van der Waals surface area contributed by atoms with E-state index < -0.39 is 10.0 Å². The number of carbonyl (C=O) groups is 1. The number of aromatic nitrogens is 1. The standard InChI is InChI=1S/C13H19N3O3S/c1-20(18,19)16(12-2-3-12)9-6-13(17)15-10-11-4-7-14-8-5-11/h4-5,7-8,12H,2-3,6,9-10H2,1H3,(H,15,17). The van der Waals surface area contributed by atoms with Gasteiger partial charge in [-0.2, -0.15) is 4.31 Å². The highest BCUT2D eigenvalue weighted by atomic mass is 32.2. The first-order chi connectivity index (χ1) is 9.47. The number of hydrogen-bond acceptors (Lipinski definition) is 4. The van der Waals surface area contributed by atoms with E-state index in [0.29, 0.717) is 6.54 Å². The summed E-state index contributed by atoms with van der Waals surface area (Å²) in [7, 11) is -3.22. The second-order valence-corrected chi connectivity index (χ2v) is 6.92. The number of nitrogens with one attached hydrogen (secondary N) is 1. The highest BCUT2D eigenvalue weighted by molar-refractivity contribution is 7.88. The highest BCUT2D eigenvalue weighted by Gasteiger charge is 2.34. The van der Waals surface area contributed by atoms with E-state index in [1.165, 1.54) is 10.6 Å². The molecule has 1 N–H and O–H groups in total. The third-order valence-electron chi connectivity index (χ3n) is 3.18. The number of sulfonamides is 1. The molecule has 1 aromatic heterocycles. The van der Waals surface area contributed by atoms with Gasteiger partial charge >= 0.3 is 0 Å². The van der Waals surface area contributed by atoms with Gasteiger partial charge in [0.15, 0.2) is 0 Å². The van der Waals surface area contributed by atoms with Crippen molar-refractivity contribution in [2.75, 3.05) is 12.8 Å². The molecule has 1 aliphatic rings. The minimum atomic E-state index is -3.22. The fourth-order valence-electron chi connectivity index (χ4n) is 1.98. The van der Waals surface area contributed by atoms with Crippen molar-refractivity contribution in [2.24, 2.45) is 0 Å². The van der Waals surface area contributed by atoms with Gasteiger partial charge in [0.25, 0.3) is 0 Å².